The van der Waals surface area contributed by atoms with Crippen molar-refractivity contribution in [1.29, 1.82) is 5.26 Å². The van der Waals surface area contributed by atoms with E-state index in [-0.39, 0.29) is 23.4 Å². The summed E-state index contributed by atoms with van der Waals surface area (Å²) < 4.78 is 18.4. The average molecular weight is 206 g/mol. The molecule has 0 heterocycles. The second-order valence-electron chi connectivity index (χ2n) is 2.61. The molecule has 0 saturated carbocycles. The van der Waals surface area contributed by atoms with Crippen molar-refractivity contribution in [1.82, 2.24) is 0 Å². The Morgan fingerprint density at radius 1 is 1.67 bits per heavy atom. The van der Waals surface area contributed by atoms with Gasteiger partial charge in [-0.3, -0.25) is 0 Å². The van der Waals surface area contributed by atoms with Gasteiger partial charge in [-0.15, -0.1) is 0 Å². The maximum atomic E-state index is 13.6. The van der Waals surface area contributed by atoms with E-state index in [1.807, 2.05) is 0 Å². The van der Waals surface area contributed by atoms with Crippen LogP contribution in [0.1, 0.15) is 11.1 Å². The molecule has 0 spiro atoms. The van der Waals surface area contributed by atoms with E-state index in [2.05, 4.69) is 10.0 Å². The smallest absolute Gasteiger partial charge is 0.147 e. The fourth-order valence-corrected chi connectivity index (χ4v) is 1.13. The highest BCUT2D eigenvalue weighted by Crippen LogP contribution is 2.24. The lowest BCUT2D eigenvalue weighted by Gasteiger charge is -2.07. The molecule has 0 fully saturated rings. The summed E-state index contributed by atoms with van der Waals surface area (Å²) in [4.78, 5) is 2.52. The highest BCUT2D eigenvalue weighted by molar-refractivity contribution is 5.43. The first-order chi connectivity index (χ1) is 7.24. The minimum absolute atomic E-state index is 0.0920. The van der Waals surface area contributed by atoms with E-state index in [0.717, 1.165) is 0 Å². The number of halogens is 1. The van der Waals surface area contributed by atoms with Crippen LogP contribution in [0.5, 0.6) is 5.75 Å². The van der Waals surface area contributed by atoms with Crippen molar-refractivity contribution in [2.75, 3.05) is 7.11 Å². The Bertz CT molecular complexity index is 460. The lowest BCUT2D eigenvalue weighted by atomic mass is 10.1. The van der Waals surface area contributed by atoms with Gasteiger partial charge < -0.3 is 4.74 Å². The topological polar surface area (TPSA) is 81.8 Å². The molecule has 0 N–H and O–H groups in total. The second kappa shape index (κ2) is 4.84. The normalized spacial score (nSPS) is 8.87. The Morgan fingerprint density at radius 2 is 2.40 bits per heavy atom. The second-order valence-corrected chi connectivity index (χ2v) is 2.61. The maximum Gasteiger partial charge on any atom is 0.147 e. The van der Waals surface area contributed by atoms with Crippen LogP contribution in [-0.4, -0.2) is 7.11 Å². The summed E-state index contributed by atoms with van der Waals surface area (Å²) in [6.45, 7) is -0.180. The Kier molecular flexibility index (Phi) is 3.49. The maximum absolute atomic E-state index is 13.6. The lowest BCUT2D eigenvalue weighted by Crippen LogP contribution is -1.97. The minimum Gasteiger partial charge on any atom is -0.496 e. The van der Waals surface area contributed by atoms with E-state index in [1.54, 1.807) is 6.07 Å². The fraction of sp³-hybridized carbons (Fsp3) is 0.222. The van der Waals surface area contributed by atoms with Gasteiger partial charge in [0, 0.05) is 10.5 Å². The molecule has 0 aliphatic rings. The molecule has 15 heavy (non-hydrogen) atoms. The van der Waals surface area contributed by atoms with Crippen LogP contribution in [0, 0.1) is 17.1 Å². The van der Waals surface area contributed by atoms with Gasteiger partial charge in [0.25, 0.3) is 0 Å². The van der Waals surface area contributed by atoms with Crippen molar-refractivity contribution in [3.05, 3.63) is 39.5 Å². The molecule has 1 aromatic carbocycles. The molecule has 0 saturated heterocycles. The van der Waals surface area contributed by atoms with Gasteiger partial charge in [0.1, 0.15) is 17.6 Å². The Morgan fingerprint density at radius 3 is 2.93 bits per heavy atom. The number of benzene rings is 1. The molecule has 1 aromatic rings. The van der Waals surface area contributed by atoms with Crippen molar-refractivity contribution < 1.29 is 9.13 Å². The van der Waals surface area contributed by atoms with Crippen molar-refractivity contribution in [3.63, 3.8) is 0 Å². The predicted molar refractivity (Wildman–Crippen MR) is 50.5 cm³/mol. The molecule has 5 nitrogen and oxygen atoms in total. The summed E-state index contributed by atoms with van der Waals surface area (Å²) in [7, 11) is 1.38. The van der Waals surface area contributed by atoms with Crippen molar-refractivity contribution in [3.8, 4) is 11.8 Å². The van der Waals surface area contributed by atoms with Crippen molar-refractivity contribution in [2.45, 2.75) is 6.54 Å². The third kappa shape index (κ3) is 2.16. The first kappa shape index (κ1) is 10.8. The molecule has 0 amide bonds. The standard InChI is InChI=1S/C9H7FN4O/c1-15-8-3-2-6(4-11)9(10)7(8)5-13-14-12/h2-3H,5H2,1H3. The number of hydrogen-bond donors (Lipinski definition) is 0. The molecule has 76 valence electrons. The van der Waals surface area contributed by atoms with Crippen LogP contribution in [0.15, 0.2) is 17.2 Å². The molecule has 1 rings (SSSR count). The van der Waals surface area contributed by atoms with Crippen LogP contribution < -0.4 is 4.74 Å². The van der Waals surface area contributed by atoms with Gasteiger partial charge in [-0.2, -0.15) is 5.26 Å². The number of hydrogen-bond acceptors (Lipinski definition) is 3. The first-order valence-corrected chi connectivity index (χ1v) is 4.01. The number of methoxy groups -OCH3 is 1. The van der Waals surface area contributed by atoms with Crippen LogP contribution in [-0.2, 0) is 6.54 Å². The zero-order valence-electron chi connectivity index (χ0n) is 7.94. The van der Waals surface area contributed by atoms with E-state index >= 15 is 0 Å². The van der Waals surface area contributed by atoms with Gasteiger partial charge >= 0.3 is 0 Å². The molecular formula is C9H7FN4O. The van der Waals surface area contributed by atoms with E-state index in [1.165, 1.54) is 19.2 Å². The van der Waals surface area contributed by atoms with Gasteiger partial charge in [-0.1, -0.05) is 5.11 Å². The molecule has 0 aliphatic heterocycles. The van der Waals surface area contributed by atoms with E-state index < -0.39 is 5.82 Å². The summed E-state index contributed by atoms with van der Waals surface area (Å²) in [5.74, 6) is -0.442. The molecule has 0 aromatic heterocycles. The molecule has 0 aliphatic carbocycles. The zero-order valence-corrected chi connectivity index (χ0v) is 7.94. The molecule has 0 atom stereocenters. The zero-order chi connectivity index (χ0) is 11.3. The van der Waals surface area contributed by atoms with Gasteiger partial charge in [0.05, 0.1) is 19.2 Å². The number of nitrogens with zero attached hydrogens (tertiary/aromatic N) is 4. The van der Waals surface area contributed by atoms with E-state index in [9.17, 15) is 4.39 Å². The van der Waals surface area contributed by atoms with Gasteiger partial charge in [-0.25, -0.2) is 4.39 Å². The molecule has 6 heteroatoms. The summed E-state index contributed by atoms with van der Waals surface area (Å²) in [6, 6.07) is 4.47. The van der Waals surface area contributed by atoms with Crippen LogP contribution in [0.2, 0.25) is 0 Å². The third-order valence-electron chi connectivity index (χ3n) is 1.83. The van der Waals surface area contributed by atoms with Crippen molar-refractivity contribution in [2.24, 2.45) is 5.11 Å². The van der Waals surface area contributed by atoms with Crippen molar-refractivity contribution >= 4 is 0 Å². The number of nitriles is 1. The number of rotatable bonds is 3. The fourth-order valence-electron chi connectivity index (χ4n) is 1.13. The first-order valence-electron chi connectivity index (χ1n) is 4.01. The van der Waals surface area contributed by atoms with Crippen LogP contribution in [0.25, 0.3) is 10.4 Å². The summed E-state index contributed by atoms with van der Waals surface area (Å²) in [6.07, 6.45) is 0. The lowest BCUT2D eigenvalue weighted by molar-refractivity contribution is 0.404. The highest BCUT2D eigenvalue weighted by atomic mass is 19.1. The number of azide groups is 1. The highest BCUT2D eigenvalue weighted by Gasteiger charge is 2.12. The van der Waals surface area contributed by atoms with Gasteiger partial charge in [-0.05, 0) is 17.7 Å². The summed E-state index contributed by atoms with van der Waals surface area (Å²) in [5.41, 5.74) is 8.13. The third-order valence-corrected chi connectivity index (χ3v) is 1.83. The number of ether oxygens (including phenoxy) is 1. The molecule has 0 radical (unpaired) electrons. The predicted octanol–water partition coefficient (Wildman–Crippen LogP) is 2.52. The Labute approximate surface area is 85.3 Å². The molecule has 0 unspecified atom stereocenters. The SMILES string of the molecule is COc1ccc(C#N)c(F)c1CN=[N+]=[N-]. The Hall–Kier alpha value is -2.25. The van der Waals surface area contributed by atoms with Crippen LogP contribution in [0.3, 0.4) is 0 Å². The van der Waals surface area contributed by atoms with Crippen LogP contribution >= 0.6 is 0 Å². The largest absolute Gasteiger partial charge is 0.496 e. The monoisotopic (exact) mass is 206 g/mol. The molecule has 0 bridgehead atoms. The quantitative estimate of drug-likeness (QED) is 0.432. The van der Waals surface area contributed by atoms with E-state index in [4.69, 9.17) is 15.5 Å². The summed E-state index contributed by atoms with van der Waals surface area (Å²) in [5, 5.41) is 11.8. The van der Waals surface area contributed by atoms with Gasteiger partial charge in [0.15, 0.2) is 0 Å². The van der Waals surface area contributed by atoms with Gasteiger partial charge in [0.2, 0.25) is 0 Å². The average Bonchev–Trinajstić information content (AvgIpc) is 2.27. The van der Waals surface area contributed by atoms with Crippen LogP contribution in [0.4, 0.5) is 4.39 Å². The minimum atomic E-state index is -0.704. The Balaban J connectivity index is 3.29. The molecular weight excluding hydrogens is 199 g/mol. The van der Waals surface area contributed by atoms with E-state index in [0.29, 0.717) is 0 Å². The summed E-state index contributed by atoms with van der Waals surface area (Å²) >= 11 is 0.